The first-order valence-electron chi connectivity index (χ1n) is 12.2. The van der Waals surface area contributed by atoms with E-state index >= 15 is 0 Å². The van der Waals surface area contributed by atoms with Gasteiger partial charge >= 0.3 is 0 Å². The van der Waals surface area contributed by atoms with Crippen LogP contribution in [0, 0.1) is 0 Å². The molecule has 0 radical (unpaired) electrons. The highest BCUT2D eigenvalue weighted by Gasteiger charge is 2.33. The highest BCUT2D eigenvalue weighted by molar-refractivity contribution is 7.92. The van der Waals surface area contributed by atoms with E-state index < -0.39 is 34.4 Å². The molecule has 12 heteroatoms. The molecule has 3 rings (SSSR count). The fourth-order valence-electron chi connectivity index (χ4n) is 4.15. The second-order valence-corrected chi connectivity index (χ2v) is 11.6. The number of likely N-dealkylation sites (N-methyl/N-ethyl adjacent to an activating group) is 1. The van der Waals surface area contributed by atoms with Gasteiger partial charge in [-0.25, -0.2) is 8.42 Å². The number of anilines is 1. The van der Waals surface area contributed by atoms with Crippen LogP contribution in [0.1, 0.15) is 11.1 Å². The Morgan fingerprint density at radius 3 is 2.15 bits per heavy atom. The van der Waals surface area contributed by atoms with Crippen LogP contribution in [-0.4, -0.2) is 65.2 Å². The number of halogens is 2. The molecule has 40 heavy (non-hydrogen) atoms. The van der Waals surface area contributed by atoms with Gasteiger partial charge in [0, 0.05) is 26.1 Å². The Bertz CT molecular complexity index is 1450. The fraction of sp³-hybridized carbons (Fsp3) is 0.286. The third-order valence-electron chi connectivity index (χ3n) is 6.19. The highest BCUT2D eigenvalue weighted by Crippen LogP contribution is 2.32. The second-order valence-electron chi connectivity index (χ2n) is 8.90. The molecule has 214 valence electrons. The summed E-state index contributed by atoms with van der Waals surface area (Å²) in [7, 11) is 0.429. The van der Waals surface area contributed by atoms with Crippen molar-refractivity contribution in [2.45, 2.75) is 19.0 Å². The van der Waals surface area contributed by atoms with Crippen molar-refractivity contribution >= 4 is 50.7 Å². The number of benzene rings is 3. The molecule has 0 spiro atoms. The quantitative estimate of drug-likeness (QED) is 0.331. The van der Waals surface area contributed by atoms with E-state index in [2.05, 4.69) is 5.32 Å². The number of amides is 2. The van der Waals surface area contributed by atoms with Crippen LogP contribution in [0.5, 0.6) is 11.5 Å². The van der Waals surface area contributed by atoms with E-state index in [0.717, 1.165) is 16.1 Å². The molecule has 1 N–H and O–H groups in total. The van der Waals surface area contributed by atoms with Crippen LogP contribution in [0.15, 0.2) is 66.7 Å². The van der Waals surface area contributed by atoms with E-state index in [9.17, 15) is 18.0 Å². The zero-order chi connectivity index (χ0) is 29.4. The molecule has 0 saturated carbocycles. The summed E-state index contributed by atoms with van der Waals surface area (Å²) < 4.78 is 37.4. The maximum absolute atomic E-state index is 14.0. The average molecular weight is 609 g/mol. The number of hydrogen-bond acceptors (Lipinski definition) is 6. The van der Waals surface area contributed by atoms with Crippen LogP contribution < -0.4 is 19.1 Å². The maximum atomic E-state index is 14.0. The van der Waals surface area contributed by atoms with Gasteiger partial charge in [-0.3, -0.25) is 13.9 Å². The van der Waals surface area contributed by atoms with Gasteiger partial charge in [-0.2, -0.15) is 0 Å². The van der Waals surface area contributed by atoms with E-state index in [0.29, 0.717) is 22.1 Å². The Morgan fingerprint density at radius 2 is 1.57 bits per heavy atom. The minimum absolute atomic E-state index is 0.0236. The average Bonchev–Trinajstić information content (AvgIpc) is 2.94. The van der Waals surface area contributed by atoms with Crippen LogP contribution in [0.25, 0.3) is 0 Å². The Hall–Kier alpha value is -3.47. The summed E-state index contributed by atoms with van der Waals surface area (Å²) in [5.74, 6) is -0.319. The van der Waals surface area contributed by atoms with Crippen molar-refractivity contribution in [3.63, 3.8) is 0 Å². The molecule has 0 aliphatic rings. The molecule has 0 aliphatic heterocycles. The summed E-state index contributed by atoms with van der Waals surface area (Å²) in [6.07, 6.45) is 1.20. The van der Waals surface area contributed by atoms with E-state index in [1.807, 2.05) is 30.3 Å². The van der Waals surface area contributed by atoms with E-state index in [1.54, 1.807) is 24.3 Å². The Labute approximate surface area is 244 Å². The molecule has 3 aromatic carbocycles. The first-order chi connectivity index (χ1) is 19.0. The third-order valence-corrected chi connectivity index (χ3v) is 8.07. The van der Waals surface area contributed by atoms with Gasteiger partial charge in [0.2, 0.25) is 21.8 Å². The number of rotatable bonds is 12. The van der Waals surface area contributed by atoms with Crippen LogP contribution in [0.2, 0.25) is 10.0 Å². The van der Waals surface area contributed by atoms with Gasteiger partial charge in [-0.15, -0.1) is 0 Å². The zero-order valence-corrected chi connectivity index (χ0v) is 24.9. The summed E-state index contributed by atoms with van der Waals surface area (Å²) in [5.41, 5.74) is 1.63. The van der Waals surface area contributed by atoms with Crippen LogP contribution >= 0.6 is 23.2 Å². The lowest BCUT2D eigenvalue weighted by Gasteiger charge is -2.33. The summed E-state index contributed by atoms with van der Waals surface area (Å²) in [6, 6.07) is 17.7. The lowest BCUT2D eigenvalue weighted by molar-refractivity contribution is -0.139. The molecule has 0 unspecified atom stereocenters. The molecule has 3 aromatic rings. The number of nitrogens with zero attached hydrogens (tertiary/aromatic N) is 2. The minimum Gasteiger partial charge on any atom is -0.493 e. The van der Waals surface area contributed by atoms with E-state index in [-0.39, 0.29) is 23.7 Å². The van der Waals surface area contributed by atoms with E-state index in [4.69, 9.17) is 32.7 Å². The molecule has 0 fully saturated rings. The summed E-state index contributed by atoms with van der Waals surface area (Å²) >= 11 is 12.3. The van der Waals surface area contributed by atoms with Crippen molar-refractivity contribution in [2.75, 3.05) is 38.4 Å². The topological polar surface area (TPSA) is 105 Å². The Morgan fingerprint density at radius 1 is 0.900 bits per heavy atom. The number of carbonyl (C=O) groups is 2. The van der Waals surface area contributed by atoms with Gasteiger partial charge in [-0.1, -0.05) is 59.6 Å². The van der Waals surface area contributed by atoms with Gasteiger partial charge in [0.25, 0.3) is 0 Å². The molecule has 0 bridgehead atoms. The van der Waals surface area contributed by atoms with Gasteiger partial charge < -0.3 is 19.7 Å². The van der Waals surface area contributed by atoms with Crippen LogP contribution in [-0.2, 0) is 32.6 Å². The molecule has 9 nitrogen and oxygen atoms in total. The number of hydrogen-bond donors (Lipinski definition) is 1. The van der Waals surface area contributed by atoms with Gasteiger partial charge in [0.1, 0.15) is 12.6 Å². The molecule has 1 atom stereocenters. The van der Waals surface area contributed by atoms with Crippen LogP contribution in [0.4, 0.5) is 5.69 Å². The van der Waals surface area contributed by atoms with E-state index in [1.165, 1.54) is 38.3 Å². The summed E-state index contributed by atoms with van der Waals surface area (Å²) in [5, 5.41) is 3.25. The van der Waals surface area contributed by atoms with Crippen molar-refractivity contribution < 1.29 is 27.5 Å². The Kier molecular flexibility index (Phi) is 10.7. The molecule has 0 aromatic heterocycles. The third kappa shape index (κ3) is 7.80. The molecular formula is C28H31Cl2N3O6S. The number of sulfonamides is 1. The molecule has 0 aliphatic carbocycles. The van der Waals surface area contributed by atoms with Gasteiger partial charge in [0.15, 0.2) is 11.5 Å². The predicted octanol–water partition coefficient (Wildman–Crippen LogP) is 4.16. The first kappa shape index (κ1) is 31.1. The SMILES string of the molecule is CNC(=O)[C@H](Cc1ccccc1)N(Cc1ccc(Cl)c(Cl)c1)C(=O)CN(c1ccc(OC)c(OC)c1)S(C)(=O)=O. The van der Waals surface area contributed by atoms with Crippen molar-refractivity contribution in [3.8, 4) is 11.5 Å². The lowest BCUT2D eigenvalue weighted by Crippen LogP contribution is -2.52. The standard InChI is InChI=1S/C28H31Cl2N3O6S/c1-31-28(35)24(15-19-8-6-5-7-9-19)32(17-20-10-12-22(29)23(30)14-20)27(34)18-33(40(4,36)37)21-11-13-25(38-2)26(16-21)39-3/h5-14,16,24H,15,17-18H2,1-4H3,(H,31,35)/t24-/m0/s1. The molecule has 0 saturated heterocycles. The Balaban J connectivity index is 2.06. The largest absolute Gasteiger partial charge is 0.493 e. The van der Waals surface area contributed by atoms with Crippen molar-refractivity contribution in [1.82, 2.24) is 10.2 Å². The van der Waals surface area contributed by atoms with Gasteiger partial charge in [0.05, 0.1) is 36.2 Å². The minimum atomic E-state index is -3.94. The second kappa shape index (κ2) is 13.7. The van der Waals surface area contributed by atoms with Gasteiger partial charge in [-0.05, 0) is 35.4 Å². The first-order valence-corrected chi connectivity index (χ1v) is 14.8. The maximum Gasteiger partial charge on any atom is 0.244 e. The summed E-state index contributed by atoms with van der Waals surface area (Å²) in [4.78, 5) is 28.5. The normalized spacial score (nSPS) is 11.8. The number of nitrogens with one attached hydrogen (secondary N) is 1. The number of ether oxygens (including phenoxy) is 2. The van der Waals surface area contributed by atoms with Crippen molar-refractivity contribution in [2.24, 2.45) is 0 Å². The fourth-order valence-corrected chi connectivity index (χ4v) is 5.31. The van der Waals surface area contributed by atoms with Crippen molar-refractivity contribution in [1.29, 1.82) is 0 Å². The monoisotopic (exact) mass is 607 g/mol. The highest BCUT2D eigenvalue weighted by atomic mass is 35.5. The lowest BCUT2D eigenvalue weighted by atomic mass is 10.0. The number of carbonyl (C=O) groups excluding carboxylic acids is 2. The smallest absolute Gasteiger partial charge is 0.244 e. The molecule has 0 heterocycles. The number of methoxy groups -OCH3 is 2. The predicted molar refractivity (Wildman–Crippen MR) is 157 cm³/mol. The summed E-state index contributed by atoms with van der Waals surface area (Å²) in [6.45, 7) is -0.595. The zero-order valence-electron chi connectivity index (χ0n) is 22.6. The molecule has 2 amide bonds. The van der Waals surface area contributed by atoms with Crippen LogP contribution in [0.3, 0.4) is 0 Å². The molecular weight excluding hydrogens is 577 g/mol. The van der Waals surface area contributed by atoms with Crippen molar-refractivity contribution in [3.05, 3.63) is 87.9 Å².